The molecule has 0 aromatic carbocycles. The van der Waals surface area contributed by atoms with Crippen molar-refractivity contribution >= 4 is 17.9 Å². The van der Waals surface area contributed by atoms with Gasteiger partial charge in [0.15, 0.2) is 5.96 Å². The number of carbonyl (C=O) groups is 2. The van der Waals surface area contributed by atoms with Gasteiger partial charge in [-0.3, -0.25) is 15.1 Å². The highest BCUT2D eigenvalue weighted by Crippen LogP contribution is 2.08. The second-order valence-electron chi connectivity index (χ2n) is 7.83. The molecule has 142 valence electrons. The van der Waals surface area contributed by atoms with E-state index in [9.17, 15) is 9.59 Å². The van der Waals surface area contributed by atoms with Crippen molar-refractivity contribution in [1.29, 1.82) is 0 Å². The summed E-state index contributed by atoms with van der Waals surface area (Å²) < 4.78 is 0. The Bertz CT molecular complexity index is 364. The zero-order valence-electron chi connectivity index (χ0n) is 16.5. The molecular formula is C17H37N5O2. The largest absolute Gasteiger partial charge is 0.370 e. The van der Waals surface area contributed by atoms with E-state index in [2.05, 4.69) is 69.4 Å². The number of guanidine groups is 1. The molecule has 5 N–H and O–H groups in total. The Morgan fingerprint density at radius 2 is 1.54 bits per heavy atom. The predicted octanol–water partition coefficient (Wildman–Crippen LogP) is 2.23. The smallest absolute Gasteiger partial charge is 0.321 e. The Morgan fingerprint density at radius 3 is 1.75 bits per heavy atom. The molecule has 1 fully saturated rings. The first-order valence-electron chi connectivity index (χ1n) is 8.53. The van der Waals surface area contributed by atoms with Crippen molar-refractivity contribution in [1.82, 2.24) is 16.0 Å². The van der Waals surface area contributed by atoms with Crippen LogP contribution in [-0.2, 0) is 4.79 Å². The van der Waals surface area contributed by atoms with Crippen LogP contribution < -0.4 is 21.7 Å². The molecule has 0 spiro atoms. The fraction of sp³-hybridized carbons (Fsp3) is 0.824. The number of amides is 3. The summed E-state index contributed by atoms with van der Waals surface area (Å²) in [7, 11) is 0. The van der Waals surface area contributed by atoms with Crippen LogP contribution in [0.1, 0.15) is 61.3 Å². The lowest BCUT2D eigenvalue weighted by atomic mass is 10.0. The van der Waals surface area contributed by atoms with Gasteiger partial charge in [0, 0.05) is 26.1 Å². The molecule has 2 rings (SSSR count). The van der Waals surface area contributed by atoms with Crippen LogP contribution in [0.4, 0.5) is 4.79 Å². The number of carbonyl (C=O) groups excluding carboxylic acids is 2. The van der Waals surface area contributed by atoms with Gasteiger partial charge in [0.05, 0.1) is 0 Å². The minimum Gasteiger partial charge on any atom is -0.370 e. The molecule has 2 aliphatic rings. The highest BCUT2D eigenvalue weighted by molar-refractivity contribution is 5.96. The third-order valence-corrected chi connectivity index (χ3v) is 1.81. The molecule has 0 aromatic heterocycles. The first kappa shape index (κ1) is 24.5. The number of nitrogens with zero attached hydrogens (tertiary/aromatic N) is 1. The van der Waals surface area contributed by atoms with E-state index < -0.39 is 0 Å². The average Bonchev–Trinajstić information content (AvgIpc) is 2.37. The van der Waals surface area contributed by atoms with Crippen LogP contribution in [0, 0.1) is 11.3 Å². The SMILES string of the molecule is CC(C)(C)C.CC(C)C.NC1=NCCCN1.O=C1CCNC(=O)N1. The van der Waals surface area contributed by atoms with Gasteiger partial charge in [0.2, 0.25) is 5.91 Å². The minimum atomic E-state index is -0.388. The van der Waals surface area contributed by atoms with Gasteiger partial charge in [-0.1, -0.05) is 48.5 Å². The van der Waals surface area contributed by atoms with E-state index in [1.165, 1.54) is 0 Å². The summed E-state index contributed by atoms with van der Waals surface area (Å²) in [5.74, 6) is 1.22. The van der Waals surface area contributed by atoms with Crippen molar-refractivity contribution in [3.8, 4) is 0 Å². The number of nitrogens with two attached hydrogens (primary N) is 1. The highest BCUT2D eigenvalue weighted by atomic mass is 16.2. The molecule has 1 saturated heterocycles. The standard InChI is InChI=1S/C5H12.C4H9N3.C4H6N2O2.C4H10/c1-5(2,3)4;5-4-6-2-1-3-7-4;7-3-1-2-5-4(8)6-3;1-4(2)3/h1-4H3;1-3H2,(H3,5,6,7);1-2H2,(H2,5,6,7,8);4H,1-3H3. The molecule has 0 aliphatic carbocycles. The molecule has 0 radical (unpaired) electrons. The van der Waals surface area contributed by atoms with Crippen LogP contribution in [0.5, 0.6) is 0 Å². The lowest BCUT2D eigenvalue weighted by Crippen LogP contribution is -2.46. The quantitative estimate of drug-likeness (QED) is 0.541. The second-order valence-corrected chi connectivity index (χ2v) is 7.83. The van der Waals surface area contributed by atoms with Gasteiger partial charge in [-0.05, 0) is 17.8 Å². The number of rotatable bonds is 0. The topological polar surface area (TPSA) is 109 Å². The van der Waals surface area contributed by atoms with Crippen molar-refractivity contribution in [2.45, 2.75) is 61.3 Å². The van der Waals surface area contributed by atoms with Crippen LogP contribution >= 0.6 is 0 Å². The Balaban J connectivity index is 0. The summed E-state index contributed by atoms with van der Waals surface area (Å²) in [6, 6.07) is -0.388. The first-order valence-corrected chi connectivity index (χ1v) is 8.53. The van der Waals surface area contributed by atoms with Crippen LogP contribution in [0.15, 0.2) is 4.99 Å². The van der Waals surface area contributed by atoms with Gasteiger partial charge in [0.1, 0.15) is 0 Å². The van der Waals surface area contributed by atoms with E-state index in [0.29, 0.717) is 24.3 Å². The predicted molar refractivity (Wildman–Crippen MR) is 101 cm³/mol. The molecule has 0 atom stereocenters. The van der Waals surface area contributed by atoms with E-state index in [4.69, 9.17) is 5.73 Å². The molecule has 2 heterocycles. The first-order chi connectivity index (χ1) is 10.9. The monoisotopic (exact) mass is 343 g/mol. The van der Waals surface area contributed by atoms with Crippen molar-refractivity contribution in [3.63, 3.8) is 0 Å². The maximum Gasteiger partial charge on any atom is 0.321 e. The Hall–Kier alpha value is -1.79. The van der Waals surface area contributed by atoms with Crippen LogP contribution in [0.3, 0.4) is 0 Å². The van der Waals surface area contributed by atoms with Crippen molar-refractivity contribution in [2.24, 2.45) is 22.1 Å². The van der Waals surface area contributed by atoms with Gasteiger partial charge in [-0.2, -0.15) is 0 Å². The Labute approximate surface area is 147 Å². The summed E-state index contributed by atoms with van der Waals surface area (Å²) >= 11 is 0. The summed E-state index contributed by atoms with van der Waals surface area (Å²) in [6.45, 7) is 17.6. The van der Waals surface area contributed by atoms with Gasteiger partial charge in [-0.25, -0.2) is 4.79 Å². The highest BCUT2D eigenvalue weighted by Gasteiger charge is 2.11. The van der Waals surface area contributed by atoms with E-state index in [1.807, 2.05) is 0 Å². The third kappa shape index (κ3) is 28.4. The Morgan fingerprint density at radius 1 is 1.04 bits per heavy atom. The number of urea groups is 1. The van der Waals surface area contributed by atoms with Gasteiger partial charge in [0.25, 0.3) is 0 Å². The van der Waals surface area contributed by atoms with Crippen molar-refractivity contribution in [3.05, 3.63) is 0 Å². The zero-order valence-corrected chi connectivity index (χ0v) is 16.5. The van der Waals surface area contributed by atoms with Crippen molar-refractivity contribution in [2.75, 3.05) is 19.6 Å². The molecule has 24 heavy (non-hydrogen) atoms. The van der Waals surface area contributed by atoms with Crippen LogP contribution in [0.2, 0.25) is 0 Å². The third-order valence-electron chi connectivity index (χ3n) is 1.81. The maximum absolute atomic E-state index is 10.3. The minimum absolute atomic E-state index is 0.200. The lowest BCUT2D eigenvalue weighted by molar-refractivity contribution is -0.120. The molecule has 0 aromatic rings. The lowest BCUT2D eigenvalue weighted by Gasteiger charge is -2.10. The molecular weight excluding hydrogens is 306 g/mol. The van der Waals surface area contributed by atoms with E-state index in [1.54, 1.807) is 0 Å². The molecule has 0 bridgehead atoms. The number of aliphatic imine (C=N–C) groups is 1. The summed E-state index contributed by atoms with van der Waals surface area (Å²) in [5.41, 5.74) is 5.77. The molecule has 7 heteroatoms. The fourth-order valence-electron chi connectivity index (χ4n) is 1.07. The molecule has 0 unspecified atom stereocenters. The van der Waals surface area contributed by atoms with E-state index in [0.717, 1.165) is 25.4 Å². The summed E-state index contributed by atoms with van der Waals surface area (Å²) in [4.78, 5) is 24.4. The molecule has 0 saturated carbocycles. The van der Waals surface area contributed by atoms with Gasteiger partial charge >= 0.3 is 6.03 Å². The van der Waals surface area contributed by atoms with Crippen LogP contribution in [0.25, 0.3) is 0 Å². The zero-order chi connectivity index (χ0) is 19.2. The fourth-order valence-corrected chi connectivity index (χ4v) is 1.07. The number of hydrogen-bond acceptors (Lipinski definition) is 5. The van der Waals surface area contributed by atoms with Gasteiger partial charge < -0.3 is 16.4 Å². The van der Waals surface area contributed by atoms with Crippen LogP contribution in [-0.4, -0.2) is 37.5 Å². The maximum atomic E-state index is 10.3. The summed E-state index contributed by atoms with van der Waals surface area (Å²) in [6.07, 6.45) is 1.51. The number of nitrogens with one attached hydrogen (secondary N) is 3. The van der Waals surface area contributed by atoms with Gasteiger partial charge in [-0.15, -0.1) is 0 Å². The number of hydrogen-bond donors (Lipinski definition) is 4. The van der Waals surface area contributed by atoms with Crippen molar-refractivity contribution < 1.29 is 9.59 Å². The van der Waals surface area contributed by atoms with E-state index >= 15 is 0 Å². The number of imide groups is 1. The Kier molecular flexibility index (Phi) is 13.9. The second kappa shape index (κ2) is 13.6. The normalized spacial score (nSPS) is 16.4. The molecule has 3 amide bonds. The van der Waals surface area contributed by atoms with E-state index in [-0.39, 0.29) is 11.9 Å². The molecule has 2 aliphatic heterocycles. The summed E-state index contributed by atoms with van der Waals surface area (Å²) in [5, 5.41) is 7.44. The molecule has 7 nitrogen and oxygen atoms in total. The average molecular weight is 344 g/mol.